The molecular weight excluding hydrogens is 264 g/mol. The Labute approximate surface area is 124 Å². The molecule has 0 bridgehead atoms. The van der Waals surface area contributed by atoms with E-state index in [0.717, 1.165) is 22.4 Å². The Morgan fingerprint density at radius 2 is 1.81 bits per heavy atom. The van der Waals surface area contributed by atoms with E-state index in [1.807, 2.05) is 44.2 Å². The van der Waals surface area contributed by atoms with Crippen molar-refractivity contribution in [3.63, 3.8) is 0 Å². The maximum Gasteiger partial charge on any atom is 0.256 e. The van der Waals surface area contributed by atoms with Crippen molar-refractivity contribution in [2.45, 2.75) is 20.3 Å². The lowest BCUT2D eigenvalue weighted by Crippen LogP contribution is -2.14. The molecule has 2 aromatic carbocycles. The van der Waals surface area contributed by atoms with Gasteiger partial charge in [0.2, 0.25) is 0 Å². The average molecular weight is 284 g/mol. The number of nitrogens with two attached hydrogens (primary N) is 1. The molecule has 1 amide bonds. The van der Waals surface area contributed by atoms with Crippen molar-refractivity contribution in [1.82, 2.24) is 0 Å². The summed E-state index contributed by atoms with van der Waals surface area (Å²) in [6.07, 6.45) is 0.613. The van der Waals surface area contributed by atoms with Crippen molar-refractivity contribution < 1.29 is 9.90 Å². The molecule has 110 valence electrons. The maximum atomic E-state index is 12.3. The summed E-state index contributed by atoms with van der Waals surface area (Å²) < 4.78 is 0. The van der Waals surface area contributed by atoms with Crippen molar-refractivity contribution in [1.29, 1.82) is 0 Å². The van der Waals surface area contributed by atoms with Gasteiger partial charge in [-0.25, -0.2) is 0 Å². The van der Waals surface area contributed by atoms with Crippen molar-refractivity contribution >= 4 is 17.3 Å². The minimum Gasteiger partial charge on any atom is -0.398 e. The van der Waals surface area contributed by atoms with Crippen LogP contribution in [0.2, 0.25) is 0 Å². The molecule has 0 aliphatic rings. The van der Waals surface area contributed by atoms with E-state index in [1.165, 1.54) is 0 Å². The zero-order chi connectivity index (χ0) is 15.4. The summed E-state index contributed by atoms with van der Waals surface area (Å²) in [5.74, 6) is -0.172. The Bertz CT molecular complexity index is 649. The summed E-state index contributed by atoms with van der Waals surface area (Å²) in [4.78, 5) is 12.3. The number of anilines is 2. The molecule has 0 saturated heterocycles. The Kier molecular flexibility index (Phi) is 4.60. The Morgan fingerprint density at radius 3 is 2.43 bits per heavy atom. The number of aryl methyl sites for hydroxylation is 2. The van der Waals surface area contributed by atoms with E-state index in [0.29, 0.717) is 17.7 Å². The Balaban J connectivity index is 2.16. The van der Waals surface area contributed by atoms with Gasteiger partial charge in [-0.1, -0.05) is 18.2 Å². The Morgan fingerprint density at radius 1 is 1.14 bits per heavy atom. The predicted molar refractivity (Wildman–Crippen MR) is 85.5 cm³/mol. The summed E-state index contributed by atoms with van der Waals surface area (Å²) in [6, 6.07) is 11.1. The van der Waals surface area contributed by atoms with Crippen LogP contribution in [-0.4, -0.2) is 17.6 Å². The number of nitrogens with one attached hydrogen (secondary N) is 1. The number of rotatable bonds is 4. The molecule has 0 aliphatic carbocycles. The molecular formula is C17H20N2O2. The lowest BCUT2D eigenvalue weighted by atomic mass is 10.0. The van der Waals surface area contributed by atoms with Crippen molar-refractivity contribution in [3.05, 3.63) is 58.7 Å². The molecule has 2 rings (SSSR count). The van der Waals surface area contributed by atoms with E-state index in [-0.39, 0.29) is 12.5 Å². The SMILES string of the molecule is Cc1cc(C)c(C(=O)Nc2ccc(CCO)cc2)cc1N. The van der Waals surface area contributed by atoms with Crippen LogP contribution in [-0.2, 0) is 6.42 Å². The van der Waals surface area contributed by atoms with E-state index in [9.17, 15) is 4.79 Å². The zero-order valence-electron chi connectivity index (χ0n) is 12.3. The van der Waals surface area contributed by atoms with Crippen LogP contribution in [0.25, 0.3) is 0 Å². The third-order valence-electron chi connectivity index (χ3n) is 3.47. The highest BCUT2D eigenvalue weighted by Gasteiger charge is 2.11. The van der Waals surface area contributed by atoms with Crippen LogP contribution in [0.15, 0.2) is 36.4 Å². The van der Waals surface area contributed by atoms with Gasteiger partial charge in [-0.15, -0.1) is 0 Å². The molecule has 4 N–H and O–H groups in total. The highest BCUT2D eigenvalue weighted by atomic mass is 16.2. The molecule has 2 aromatic rings. The number of carbonyl (C=O) groups excluding carboxylic acids is 1. The highest BCUT2D eigenvalue weighted by Crippen LogP contribution is 2.19. The van der Waals surface area contributed by atoms with Crippen molar-refractivity contribution in [3.8, 4) is 0 Å². The maximum absolute atomic E-state index is 12.3. The van der Waals surface area contributed by atoms with Crippen LogP contribution in [0.5, 0.6) is 0 Å². The number of carbonyl (C=O) groups is 1. The first-order valence-electron chi connectivity index (χ1n) is 6.89. The van der Waals surface area contributed by atoms with Gasteiger partial charge in [0.25, 0.3) is 5.91 Å². The molecule has 0 unspecified atom stereocenters. The largest absolute Gasteiger partial charge is 0.398 e. The van der Waals surface area contributed by atoms with Crippen LogP contribution >= 0.6 is 0 Å². The average Bonchev–Trinajstić information content (AvgIpc) is 2.45. The first kappa shape index (κ1) is 15.1. The minimum absolute atomic E-state index is 0.119. The summed E-state index contributed by atoms with van der Waals surface area (Å²) in [6.45, 7) is 3.93. The molecule has 0 fully saturated rings. The molecule has 0 radical (unpaired) electrons. The predicted octanol–water partition coefficient (Wildman–Crippen LogP) is 2.67. The third kappa shape index (κ3) is 3.61. The van der Waals surface area contributed by atoms with Gasteiger partial charge in [-0.05, 0) is 55.2 Å². The monoisotopic (exact) mass is 284 g/mol. The molecule has 0 aromatic heterocycles. The van der Waals surface area contributed by atoms with Gasteiger partial charge < -0.3 is 16.2 Å². The van der Waals surface area contributed by atoms with Gasteiger partial charge in [0.15, 0.2) is 0 Å². The molecule has 21 heavy (non-hydrogen) atoms. The van der Waals surface area contributed by atoms with Crippen LogP contribution in [0.1, 0.15) is 27.0 Å². The molecule has 4 heteroatoms. The fourth-order valence-electron chi connectivity index (χ4n) is 2.20. The number of aliphatic hydroxyl groups is 1. The van der Waals surface area contributed by atoms with Gasteiger partial charge in [-0.3, -0.25) is 4.79 Å². The van der Waals surface area contributed by atoms with E-state index in [1.54, 1.807) is 6.07 Å². The first-order valence-corrected chi connectivity index (χ1v) is 6.89. The second kappa shape index (κ2) is 6.41. The van der Waals surface area contributed by atoms with Crippen LogP contribution in [0.3, 0.4) is 0 Å². The standard InChI is InChI=1S/C17H20N2O2/c1-11-9-12(2)16(18)10-15(11)17(21)19-14-5-3-13(4-6-14)7-8-20/h3-6,9-10,20H,7-8,18H2,1-2H3,(H,19,21). The molecule has 0 heterocycles. The van der Waals surface area contributed by atoms with E-state index >= 15 is 0 Å². The Hall–Kier alpha value is -2.33. The highest BCUT2D eigenvalue weighted by molar-refractivity contribution is 6.05. The molecule has 0 spiro atoms. The van der Waals surface area contributed by atoms with Crippen LogP contribution in [0.4, 0.5) is 11.4 Å². The normalized spacial score (nSPS) is 10.4. The minimum atomic E-state index is -0.172. The fraction of sp³-hybridized carbons (Fsp3) is 0.235. The van der Waals surface area contributed by atoms with Gasteiger partial charge >= 0.3 is 0 Å². The molecule has 0 saturated carbocycles. The lowest BCUT2D eigenvalue weighted by Gasteiger charge is -2.11. The number of hydrogen-bond donors (Lipinski definition) is 3. The van der Waals surface area contributed by atoms with Crippen molar-refractivity contribution in [2.24, 2.45) is 0 Å². The second-order valence-corrected chi connectivity index (χ2v) is 5.15. The van der Waals surface area contributed by atoms with Crippen LogP contribution < -0.4 is 11.1 Å². The zero-order valence-corrected chi connectivity index (χ0v) is 12.3. The topological polar surface area (TPSA) is 75.3 Å². The van der Waals surface area contributed by atoms with E-state index < -0.39 is 0 Å². The molecule has 0 atom stereocenters. The smallest absolute Gasteiger partial charge is 0.256 e. The number of amides is 1. The van der Waals surface area contributed by atoms with E-state index in [4.69, 9.17) is 10.8 Å². The number of hydrogen-bond acceptors (Lipinski definition) is 3. The first-order chi connectivity index (χ1) is 10.0. The van der Waals surface area contributed by atoms with Gasteiger partial charge in [0.1, 0.15) is 0 Å². The quantitative estimate of drug-likeness (QED) is 0.756. The summed E-state index contributed by atoms with van der Waals surface area (Å²) in [5.41, 5.74) is 10.7. The summed E-state index contributed by atoms with van der Waals surface area (Å²) in [5, 5.41) is 11.7. The van der Waals surface area contributed by atoms with Gasteiger partial charge in [0, 0.05) is 23.5 Å². The summed E-state index contributed by atoms with van der Waals surface area (Å²) in [7, 11) is 0. The van der Waals surface area contributed by atoms with Gasteiger partial charge in [0.05, 0.1) is 0 Å². The van der Waals surface area contributed by atoms with Gasteiger partial charge in [-0.2, -0.15) is 0 Å². The summed E-state index contributed by atoms with van der Waals surface area (Å²) >= 11 is 0. The molecule has 0 aliphatic heterocycles. The number of aliphatic hydroxyl groups excluding tert-OH is 1. The van der Waals surface area contributed by atoms with E-state index in [2.05, 4.69) is 5.32 Å². The fourth-order valence-corrected chi connectivity index (χ4v) is 2.20. The number of benzene rings is 2. The van der Waals surface area contributed by atoms with Crippen LogP contribution in [0, 0.1) is 13.8 Å². The third-order valence-corrected chi connectivity index (χ3v) is 3.47. The molecule has 4 nitrogen and oxygen atoms in total. The lowest BCUT2D eigenvalue weighted by molar-refractivity contribution is 0.102. The number of nitrogen functional groups attached to an aromatic ring is 1. The van der Waals surface area contributed by atoms with Crippen molar-refractivity contribution in [2.75, 3.05) is 17.7 Å². The second-order valence-electron chi connectivity index (χ2n) is 5.15.